The molecule has 0 saturated heterocycles. The zero-order valence-electron chi connectivity index (χ0n) is 12.3. The summed E-state index contributed by atoms with van der Waals surface area (Å²) < 4.78 is 5.88. The first-order valence-electron chi connectivity index (χ1n) is 7.32. The zero-order chi connectivity index (χ0) is 14.1. The van der Waals surface area contributed by atoms with Crippen LogP contribution in [0.3, 0.4) is 0 Å². The van der Waals surface area contributed by atoms with Crippen molar-refractivity contribution in [1.29, 1.82) is 0 Å². The minimum Gasteiger partial charge on any atom is -0.492 e. The highest BCUT2D eigenvalue weighted by Gasteiger charge is 2.18. The molecule has 0 aliphatic heterocycles. The molecular weight excluding hydrogens is 258 g/mol. The Balaban J connectivity index is 2.53. The Labute approximate surface area is 122 Å². The van der Waals surface area contributed by atoms with Crippen LogP contribution in [-0.2, 0) is 0 Å². The predicted molar refractivity (Wildman–Crippen MR) is 83.1 cm³/mol. The van der Waals surface area contributed by atoms with E-state index in [2.05, 4.69) is 26.1 Å². The monoisotopic (exact) mass is 283 g/mol. The van der Waals surface area contributed by atoms with Gasteiger partial charge in [-0.25, -0.2) is 0 Å². The lowest BCUT2D eigenvalue weighted by Crippen LogP contribution is -2.41. The zero-order valence-corrected chi connectivity index (χ0v) is 13.0. The summed E-state index contributed by atoms with van der Waals surface area (Å²) in [5, 5.41) is 4.35. The van der Waals surface area contributed by atoms with E-state index in [1.165, 1.54) is 12.8 Å². The van der Waals surface area contributed by atoms with E-state index >= 15 is 0 Å². The molecule has 0 fully saturated rings. The summed E-state index contributed by atoms with van der Waals surface area (Å²) in [5.41, 5.74) is 0. The van der Waals surface area contributed by atoms with E-state index in [1.807, 2.05) is 24.3 Å². The van der Waals surface area contributed by atoms with Crippen LogP contribution in [0.15, 0.2) is 24.3 Å². The van der Waals surface area contributed by atoms with Crippen molar-refractivity contribution >= 4 is 11.6 Å². The second-order valence-corrected chi connectivity index (χ2v) is 5.34. The van der Waals surface area contributed by atoms with Gasteiger partial charge in [-0.15, -0.1) is 0 Å². The molecule has 1 aromatic rings. The normalized spacial score (nSPS) is 12.7. The highest BCUT2D eigenvalue weighted by Crippen LogP contribution is 2.18. The molecule has 1 aromatic carbocycles. The number of rotatable bonds is 9. The lowest BCUT2D eigenvalue weighted by Gasteiger charge is -2.26. The van der Waals surface area contributed by atoms with E-state index in [0.29, 0.717) is 18.6 Å². The van der Waals surface area contributed by atoms with Gasteiger partial charge < -0.3 is 10.1 Å². The summed E-state index contributed by atoms with van der Waals surface area (Å²) in [5.74, 6) is 1.55. The minimum atomic E-state index is 0.422. The maximum absolute atomic E-state index is 5.88. The standard InChI is InChI=1S/C16H26ClNO/c1-4-11-18-16(13(5-2)6-3)12-19-15-9-7-14(17)8-10-15/h7-10,13,16,18H,4-6,11-12H2,1-3H3. The van der Waals surface area contributed by atoms with E-state index in [0.717, 1.165) is 23.7 Å². The predicted octanol–water partition coefficient (Wildman–Crippen LogP) is 4.52. The van der Waals surface area contributed by atoms with Gasteiger partial charge in [0.05, 0.1) is 0 Å². The average Bonchev–Trinajstić information content (AvgIpc) is 2.44. The van der Waals surface area contributed by atoms with Gasteiger partial charge in [0, 0.05) is 11.1 Å². The maximum Gasteiger partial charge on any atom is 0.119 e. The third-order valence-corrected chi connectivity index (χ3v) is 3.77. The molecule has 3 heteroatoms. The Morgan fingerprint density at radius 1 is 1.11 bits per heavy atom. The number of hydrogen-bond donors (Lipinski definition) is 1. The highest BCUT2D eigenvalue weighted by molar-refractivity contribution is 6.30. The first kappa shape index (κ1) is 16.3. The molecule has 1 atom stereocenters. The van der Waals surface area contributed by atoms with Crippen LogP contribution in [0.2, 0.25) is 5.02 Å². The molecule has 1 unspecified atom stereocenters. The van der Waals surface area contributed by atoms with Gasteiger partial charge in [-0.3, -0.25) is 0 Å². The van der Waals surface area contributed by atoms with Crippen molar-refractivity contribution in [1.82, 2.24) is 5.32 Å². The van der Waals surface area contributed by atoms with Crippen molar-refractivity contribution < 1.29 is 4.74 Å². The van der Waals surface area contributed by atoms with Crippen LogP contribution in [0.25, 0.3) is 0 Å². The number of benzene rings is 1. The Hall–Kier alpha value is -0.730. The molecule has 1 N–H and O–H groups in total. The molecule has 108 valence electrons. The van der Waals surface area contributed by atoms with Crippen LogP contribution in [-0.4, -0.2) is 19.2 Å². The summed E-state index contributed by atoms with van der Waals surface area (Å²) in [4.78, 5) is 0. The quantitative estimate of drug-likeness (QED) is 0.719. The van der Waals surface area contributed by atoms with Crippen LogP contribution >= 0.6 is 11.6 Å². The topological polar surface area (TPSA) is 21.3 Å². The van der Waals surface area contributed by atoms with E-state index in [9.17, 15) is 0 Å². The summed E-state index contributed by atoms with van der Waals surface area (Å²) in [6.07, 6.45) is 3.52. The molecule has 0 aliphatic rings. The molecule has 0 amide bonds. The second-order valence-electron chi connectivity index (χ2n) is 4.90. The highest BCUT2D eigenvalue weighted by atomic mass is 35.5. The maximum atomic E-state index is 5.88. The van der Waals surface area contributed by atoms with Gasteiger partial charge in [0.25, 0.3) is 0 Å². The summed E-state index contributed by atoms with van der Waals surface area (Å²) in [6.45, 7) is 8.45. The van der Waals surface area contributed by atoms with Gasteiger partial charge in [0.1, 0.15) is 12.4 Å². The van der Waals surface area contributed by atoms with Gasteiger partial charge in [0.2, 0.25) is 0 Å². The Morgan fingerprint density at radius 2 is 1.74 bits per heavy atom. The number of halogens is 1. The largest absolute Gasteiger partial charge is 0.492 e. The van der Waals surface area contributed by atoms with Crippen molar-refractivity contribution in [3.8, 4) is 5.75 Å². The Morgan fingerprint density at radius 3 is 2.26 bits per heavy atom. The number of hydrogen-bond acceptors (Lipinski definition) is 2. The SMILES string of the molecule is CCCNC(COc1ccc(Cl)cc1)C(CC)CC. The lowest BCUT2D eigenvalue weighted by atomic mass is 9.94. The summed E-state index contributed by atoms with van der Waals surface area (Å²) in [6, 6.07) is 7.99. The third kappa shape index (κ3) is 5.84. The molecule has 19 heavy (non-hydrogen) atoms. The van der Waals surface area contributed by atoms with Gasteiger partial charge in [-0.2, -0.15) is 0 Å². The van der Waals surface area contributed by atoms with Crippen LogP contribution in [0.5, 0.6) is 5.75 Å². The number of ether oxygens (including phenoxy) is 1. The van der Waals surface area contributed by atoms with Gasteiger partial charge in [-0.1, -0.05) is 45.2 Å². The van der Waals surface area contributed by atoms with E-state index < -0.39 is 0 Å². The molecule has 0 saturated carbocycles. The molecule has 0 radical (unpaired) electrons. The van der Waals surface area contributed by atoms with Crippen LogP contribution < -0.4 is 10.1 Å². The van der Waals surface area contributed by atoms with E-state index in [4.69, 9.17) is 16.3 Å². The molecule has 1 rings (SSSR count). The minimum absolute atomic E-state index is 0.422. The lowest BCUT2D eigenvalue weighted by molar-refractivity contribution is 0.209. The van der Waals surface area contributed by atoms with E-state index in [1.54, 1.807) is 0 Å². The Kier molecular flexibility index (Phi) is 7.92. The first-order valence-corrected chi connectivity index (χ1v) is 7.70. The van der Waals surface area contributed by atoms with E-state index in [-0.39, 0.29) is 0 Å². The fraction of sp³-hybridized carbons (Fsp3) is 0.625. The fourth-order valence-electron chi connectivity index (χ4n) is 2.27. The van der Waals surface area contributed by atoms with Gasteiger partial charge in [0.15, 0.2) is 0 Å². The van der Waals surface area contributed by atoms with Gasteiger partial charge in [-0.05, 0) is 43.1 Å². The van der Waals surface area contributed by atoms with Crippen LogP contribution in [0.4, 0.5) is 0 Å². The first-order chi connectivity index (χ1) is 9.21. The summed E-state index contributed by atoms with van der Waals surface area (Å²) in [7, 11) is 0. The second kappa shape index (κ2) is 9.22. The molecule has 0 bridgehead atoms. The molecule has 0 aliphatic carbocycles. The smallest absolute Gasteiger partial charge is 0.119 e. The third-order valence-electron chi connectivity index (χ3n) is 3.52. The van der Waals surface area contributed by atoms with Crippen molar-refractivity contribution in [3.63, 3.8) is 0 Å². The Bertz CT molecular complexity index is 335. The van der Waals surface area contributed by atoms with Crippen molar-refractivity contribution in [2.75, 3.05) is 13.2 Å². The summed E-state index contributed by atoms with van der Waals surface area (Å²) >= 11 is 5.87. The van der Waals surface area contributed by atoms with Gasteiger partial charge >= 0.3 is 0 Å². The molecule has 2 nitrogen and oxygen atoms in total. The fourth-order valence-corrected chi connectivity index (χ4v) is 2.39. The van der Waals surface area contributed by atoms with Crippen molar-refractivity contribution in [2.24, 2.45) is 5.92 Å². The number of nitrogens with one attached hydrogen (secondary N) is 1. The molecular formula is C16H26ClNO. The van der Waals surface area contributed by atoms with Crippen LogP contribution in [0, 0.1) is 5.92 Å². The van der Waals surface area contributed by atoms with Crippen molar-refractivity contribution in [3.05, 3.63) is 29.3 Å². The molecule has 0 aromatic heterocycles. The van der Waals surface area contributed by atoms with Crippen molar-refractivity contribution in [2.45, 2.75) is 46.1 Å². The molecule has 0 spiro atoms. The average molecular weight is 284 g/mol. The molecule has 0 heterocycles. The van der Waals surface area contributed by atoms with Crippen LogP contribution in [0.1, 0.15) is 40.0 Å².